The lowest BCUT2D eigenvalue weighted by Crippen LogP contribution is -2.47. The fourth-order valence-electron chi connectivity index (χ4n) is 4.54. The molecular formula is C19H35N3O3. The van der Waals surface area contributed by atoms with Crippen LogP contribution in [-0.2, 0) is 14.3 Å². The molecule has 3 heterocycles. The Bertz CT molecular complexity index is 430. The molecule has 0 aliphatic carbocycles. The third-order valence-electron chi connectivity index (χ3n) is 5.92. The predicted octanol–water partition coefficient (Wildman–Crippen LogP) is 1.23. The summed E-state index contributed by atoms with van der Waals surface area (Å²) >= 11 is 0. The molecule has 0 saturated carbocycles. The molecule has 0 aromatic carbocycles. The molecular weight excluding hydrogens is 318 g/mol. The van der Waals surface area contributed by atoms with Gasteiger partial charge in [-0.25, -0.2) is 0 Å². The number of carbonyl (C=O) groups is 1. The van der Waals surface area contributed by atoms with Gasteiger partial charge in [0.1, 0.15) is 6.10 Å². The number of hydrogen-bond donors (Lipinski definition) is 1. The van der Waals surface area contributed by atoms with Gasteiger partial charge in [0.2, 0.25) is 0 Å². The van der Waals surface area contributed by atoms with Crippen LogP contribution >= 0.6 is 0 Å². The van der Waals surface area contributed by atoms with Crippen molar-refractivity contribution < 1.29 is 14.3 Å². The molecule has 25 heavy (non-hydrogen) atoms. The highest BCUT2D eigenvalue weighted by atomic mass is 16.5. The molecule has 0 spiro atoms. The summed E-state index contributed by atoms with van der Waals surface area (Å²) in [6, 6.07) is 0. The average molecular weight is 354 g/mol. The number of hydrogen-bond acceptors (Lipinski definition) is 5. The van der Waals surface area contributed by atoms with E-state index in [2.05, 4.69) is 18.7 Å². The third kappa shape index (κ3) is 5.16. The molecule has 0 aromatic rings. The largest absolute Gasteiger partial charge is 0.373 e. The third-order valence-corrected chi connectivity index (χ3v) is 5.92. The second-order valence-electron chi connectivity index (χ2n) is 8.13. The van der Waals surface area contributed by atoms with E-state index in [4.69, 9.17) is 15.2 Å². The van der Waals surface area contributed by atoms with Crippen LogP contribution in [0.1, 0.15) is 46.0 Å². The molecule has 4 atom stereocenters. The molecule has 0 aromatic heterocycles. The van der Waals surface area contributed by atoms with E-state index in [1.165, 1.54) is 6.42 Å². The number of nitrogens with zero attached hydrogens (tertiary/aromatic N) is 2. The quantitative estimate of drug-likeness (QED) is 0.805. The molecule has 3 saturated heterocycles. The van der Waals surface area contributed by atoms with Gasteiger partial charge in [-0.1, -0.05) is 0 Å². The number of carbonyl (C=O) groups excluding carboxylic acids is 1. The Morgan fingerprint density at radius 3 is 2.32 bits per heavy atom. The first-order valence-electron chi connectivity index (χ1n) is 10.1. The van der Waals surface area contributed by atoms with E-state index in [-0.39, 0.29) is 18.1 Å². The minimum absolute atomic E-state index is 0.0739. The zero-order valence-corrected chi connectivity index (χ0v) is 15.9. The van der Waals surface area contributed by atoms with Crippen LogP contribution < -0.4 is 5.73 Å². The minimum Gasteiger partial charge on any atom is -0.373 e. The molecule has 3 aliphatic heterocycles. The minimum atomic E-state index is -0.249. The lowest BCUT2D eigenvalue weighted by Gasteiger charge is -2.37. The summed E-state index contributed by atoms with van der Waals surface area (Å²) in [7, 11) is 0. The monoisotopic (exact) mass is 353 g/mol. The van der Waals surface area contributed by atoms with Crippen molar-refractivity contribution in [3.8, 4) is 0 Å². The Kier molecular flexibility index (Phi) is 6.72. The van der Waals surface area contributed by atoms with Crippen molar-refractivity contribution in [3.05, 3.63) is 0 Å². The van der Waals surface area contributed by atoms with E-state index in [1.54, 1.807) is 0 Å². The van der Waals surface area contributed by atoms with Gasteiger partial charge in [0, 0.05) is 32.7 Å². The number of likely N-dealkylation sites (tertiary alicyclic amines) is 1. The highest BCUT2D eigenvalue weighted by Gasteiger charge is 2.34. The Morgan fingerprint density at radius 1 is 1.04 bits per heavy atom. The zero-order chi connectivity index (χ0) is 17.8. The fraction of sp³-hybridized carbons (Fsp3) is 0.947. The van der Waals surface area contributed by atoms with Crippen molar-refractivity contribution in [2.24, 2.45) is 11.7 Å². The first-order valence-corrected chi connectivity index (χ1v) is 10.1. The van der Waals surface area contributed by atoms with Crippen LogP contribution in [0.3, 0.4) is 0 Å². The van der Waals surface area contributed by atoms with Crippen LogP contribution in [0.15, 0.2) is 0 Å². The maximum absolute atomic E-state index is 12.6. The van der Waals surface area contributed by atoms with Gasteiger partial charge in [0.05, 0.1) is 18.3 Å². The number of nitrogens with two attached hydrogens (primary N) is 1. The van der Waals surface area contributed by atoms with Crippen molar-refractivity contribution >= 4 is 5.91 Å². The number of morpholine rings is 1. The van der Waals surface area contributed by atoms with Crippen LogP contribution in [0.2, 0.25) is 0 Å². The first-order chi connectivity index (χ1) is 12.0. The Hall–Kier alpha value is -0.690. The maximum atomic E-state index is 12.6. The zero-order valence-electron chi connectivity index (χ0n) is 15.9. The molecule has 3 fully saturated rings. The highest BCUT2D eigenvalue weighted by molar-refractivity contribution is 5.81. The summed E-state index contributed by atoms with van der Waals surface area (Å²) < 4.78 is 11.6. The van der Waals surface area contributed by atoms with Crippen LogP contribution in [0, 0.1) is 5.92 Å². The lowest BCUT2D eigenvalue weighted by atomic mass is 9.92. The number of amides is 1. The van der Waals surface area contributed by atoms with E-state index in [1.807, 2.05) is 4.90 Å². The van der Waals surface area contributed by atoms with E-state index >= 15 is 0 Å². The summed E-state index contributed by atoms with van der Waals surface area (Å²) in [5, 5.41) is 0. The van der Waals surface area contributed by atoms with Gasteiger partial charge in [0.15, 0.2) is 0 Å². The van der Waals surface area contributed by atoms with Crippen molar-refractivity contribution in [1.82, 2.24) is 9.80 Å². The van der Waals surface area contributed by atoms with E-state index in [0.29, 0.717) is 18.8 Å². The van der Waals surface area contributed by atoms with Crippen LogP contribution in [0.25, 0.3) is 0 Å². The van der Waals surface area contributed by atoms with Crippen molar-refractivity contribution in [3.63, 3.8) is 0 Å². The Morgan fingerprint density at radius 2 is 1.72 bits per heavy atom. The van der Waals surface area contributed by atoms with E-state index in [0.717, 1.165) is 64.3 Å². The summed E-state index contributed by atoms with van der Waals surface area (Å²) in [5.74, 6) is 0.920. The molecule has 6 heteroatoms. The van der Waals surface area contributed by atoms with Crippen molar-refractivity contribution in [2.75, 3.05) is 39.3 Å². The van der Waals surface area contributed by atoms with Gasteiger partial charge in [0.25, 0.3) is 5.91 Å². The number of rotatable bonds is 5. The molecule has 1 amide bonds. The van der Waals surface area contributed by atoms with Gasteiger partial charge >= 0.3 is 0 Å². The SMILES string of the molecule is CC1CN(CCC2CCN(C(=O)[C@@H]3CC[C@H](CN)O3)CC2)CC(C)O1. The van der Waals surface area contributed by atoms with Crippen LogP contribution in [0.5, 0.6) is 0 Å². The Balaban J connectivity index is 1.36. The molecule has 3 rings (SSSR count). The molecule has 2 N–H and O–H groups in total. The van der Waals surface area contributed by atoms with E-state index < -0.39 is 0 Å². The van der Waals surface area contributed by atoms with Gasteiger partial charge in [-0.05, 0) is 58.4 Å². The summed E-state index contributed by atoms with van der Waals surface area (Å²) in [6.07, 6.45) is 5.72. The van der Waals surface area contributed by atoms with Crippen molar-refractivity contribution in [1.29, 1.82) is 0 Å². The van der Waals surface area contributed by atoms with E-state index in [9.17, 15) is 4.79 Å². The Labute approximate surface area is 152 Å². The molecule has 2 unspecified atom stereocenters. The smallest absolute Gasteiger partial charge is 0.251 e. The second kappa shape index (κ2) is 8.80. The molecule has 6 nitrogen and oxygen atoms in total. The molecule has 3 aliphatic rings. The summed E-state index contributed by atoms with van der Waals surface area (Å²) in [6.45, 7) is 9.84. The normalized spacial score (nSPS) is 35.2. The topological polar surface area (TPSA) is 68.0 Å². The van der Waals surface area contributed by atoms with Crippen LogP contribution in [-0.4, -0.2) is 79.4 Å². The van der Waals surface area contributed by atoms with Crippen molar-refractivity contribution in [2.45, 2.75) is 70.4 Å². The predicted molar refractivity (Wildman–Crippen MR) is 97.3 cm³/mol. The molecule has 0 radical (unpaired) electrons. The highest BCUT2D eigenvalue weighted by Crippen LogP contribution is 2.25. The second-order valence-corrected chi connectivity index (χ2v) is 8.13. The van der Waals surface area contributed by atoms with Gasteiger partial charge in [-0.3, -0.25) is 9.69 Å². The molecule has 0 bridgehead atoms. The van der Waals surface area contributed by atoms with Crippen LogP contribution in [0.4, 0.5) is 0 Å². The standard InChI is InChI=1S/C19H35N3O3/c1-14-12-21(13-15(2)24-14)8-5-16-6-9-22(10-7-16)19(23)18-4-3-17(11-20)25-18/h14-18H,3-13,20H2,1-2H3/t14?,15?,17-,18+/m1/s1. The van der Waals surface area contributed by atoms with Gasteiger partial charge in [-0.2, -0.15) is 0 Å². The fourth-order valence-corrected chi connectivity index (χ4v) is 4.54. The van der Waals surface area contributed by atoms with Gasteiger partial charge < -0.3 is 20.1 Å². The summed E-state index contributed by atoms with van der Waals surface area (Å²) in [4.78, 5) is 17.1. The molecule has 144 valence electrons. The first kappa shape index (κ1) is 19.1. The number of ether oxygens (including phenoxy) is 2. The summed E-state index contributed by atoms with van der Waals surface area (Å²) in [5.41, 5.74) is 5.64. The lowest BCUT2D eigenvalue weighted by molar-refractivity contribution is -0.144. The average Bonchev–Trinajstić information content (AvgIpc) is 3.08. The number of piperidine rings is 1. The maximum Gasteiger partial charge on any atom is 0.251 e. The van der Waals surface area contributed by atoms with Gasteiger partial charge in [-0.15, -0.1) is 0 Å².